The Labute approximate surface area is 222 Å². The first-order chi connectivity index (χ1) is 18.0. The van der Waals surface area contributed by atoms with Gasteiger partial charge in [-0.15, -0.1) is 10.2 Å². The lowest BCUT2D eigenvalue weighted by molar-refractivity contribution is -0.137. The molecule has 0 saturated heterocycles. The van der Waals surface area contributed by atoms with Crippen molar-refractivity contribution >= 4 is 34.3 Å². The first kappa shape index (κ1) is 27.1. The minimum absolute atomic E-state index is 0.292. The minimum atomic E-state index is -4.40. The summed E-state index contributed by atoms with van der Waals surface area (Å²) in [5.74, 6) is 0.862. The average molecular weight is 545 g/mol. The number of hydrogen-bond acceptors (Lipinski definition) is 10. The maximum absolute atomic E-state index is 12.9. The van der Waals surface area contributed by atoms with E-state index < -0.39 is 11.7 Å². The van der Waals surface area contributed by atoms with Gasteiger partial charge in [0.1, 0.15) is 16.5 Å². The molecule has 0 aliphatic rings. The molecule has 9 nitrogen and oxygen atoms in total. The monoisotopic (exact) mass is 544 g/mol. The Hall–Kier alpha value is -3.97. The van der Waals surface area contributed by atoms with Crippen LogP contribution in [0.5, 0.6) is 5.75 Å². The van der Waals surface area contributed by atoms with Gasteiger partial charge >= 0.3 is 6.18 Å². The molecule has 0 fully saturated rings. The number of aromatic nitrogens is 4. The SMILES string of the molecule is COc1cc(N(C)CCN(C)C)c(N)cc1Nc1nccc(-c2nnc(-c3ccc(C(F)(F)F)cc3)s2)n1. The third kappa shape index (κ3) is 6.29. The lowest BCUT2D eigenvalue weighted by Gasteiger charge is -2.24. The topological polar surface area (TPSA) is 105 Å². The summed E-state index contributed by atoms with van der Waals surface area (Å²) in [5, 5.41) is 12.4. The number of methoxy groups -OCH3 is 1. The number of likely N-dealkylation sites (N-methyl/N-ethyl adjacent to an activating group) is 2. The zero-order valence-corrected chi connectivity index (χ0v) is 22.1. The summed E-state index contributed by atoms with van der Waals surface area (Å²) in [5.41, 5.74) is 8.66. The molecule has 4 rings (SSSR count). The van der Waals surface area contributed by atoms with E-state index in [1.54, 1.807) is 25.4 Å². The quantitative estimate of drug-likeness (QED) is 0.281. The third-order valence-corrected chi connectivity index (χ3v) is 6.64. The van der Waals surface area contributed by atoms with Crippen LogP contribution in [0.4, 0.5) is 36.2 Å². The predicted molar refractivity (Wildman–Crippen MR) is 144 cm³/mol. The molecule has 38 heavy (non-hydrogen) atoms. The molecule has 2 heterocycles. The zero-order valence-electron chi connectivity index (χ0n) is 21.2. The Morgan fingerprint density at radius 2 is 1.71 bits per heavy atom. The van der Waals surface area contributed by atoms with E-state index in [0.717, 1.165) is 30.9 Å². The molecule has 0 radical (unpaired) electrons. The lowest BCUT2D eigenvalue weighted by atomic mass is 10.1. The van der Waals surface area contributed by atoms with Crippen LogP contribution in [0.15, 0.2) is 48.7 Å². The summed E-state index contributed by atoms with van der Waals surface area (Å²) < 4.78 is 44.2. The second kappa shape index (κ2) is 11.2. The van der Waals surface area contributed by atoms with Crippen LogP contribution in [-0.2, 0) is 6.18 Å². The summed E-state index contributed by atoms with van der Waals surface area (Å²) in [6.45, 7) is 1.65. The van der Waals surface area contributed by atoms with Crippen molar-refractivity contribution in [3.05, 3.63) is 54.2 Å². The maximum Gasteiger partial charge on any atom is 0.416 e. The van der Waals surface area contributed by atoms with E-state index in [0.29, 0.717) is 44.3 Å². The fourth-order valence-electron chi connectivity index (χ4n) is 3.56. The van der Waals surface area contributed by atoms with Crippen molar-refractivity contribution in [1.29, 1.82) is 0 Å². The van der Waals surface area contributed by atoms with Crippen molar-refractivity contribution in [2.75, 3.05) is 57.3 Å². The van der Waals surface area contributed by atoms with Gasteiger partial charge in [-0.05, 0) is 38.4 Å². The van der Waals surface area contributed by atoms with Crippen LogP contribution in [-0.4, -0.2) is 66.4 Å². The first-order valence-corrected chi connectivity index (χ1v) is 12.3. The van der Waals surface area contributed by atoms with Crippen LogP contribution < -0.4 is 20.7 Å². The van der Waals surface area contributed by atoms with Gasteiger partial charge in [-0.25, -0.2) is 9.97 Å². The van der Waals surface area contributed by atoms with E-state index in [1.807, 2.05) is 27.2 Å². The van der Waals surface area contributed by atoms with Gasteiger partial charge in [-0.1, -0.05) is 23.5 Å². The van der Waals surface area contributed by atoms with Gasteiger partial charge in [0.2, 0.25) is 5.95 Å². The zero-order chi connectivity index (χ0) is 27.4. The number of nitrogen functional groups attached to an aromatic ring is 1. The average Bonchev–Trinajstić information content (AvgIpc) is 3.38. The third-order valence-electron chi connectivity index (χ3n) is 5.65. The van der Waals surface area contributed by atoms with Crippen LogP contribution in [0.3, 0.4) is 0 Å². The molecule has 0 saturated carbocycles. The number of nitrogens with one attached hydrogen (secondary N) is 1. The van der Waals surface area contributed by atoms with Crippen molar-refractivity contribution in [1.82, 2.24) is 25.1 Å². The van der Waals surface area contributed by atoms with E-state index in [9.17, 15) is 13.2 Å². The highest BCUT2D eigenvalue weighted by Crippen LogP contribution is 2.37. The highest BCUT2D eigenvalue weighted by atomic mass is 32.1. The van der Waals surface area contributed by atoms with E-state index in [4.69, 9.17) is 10.5 Å². The Morgan fingerprint density at radius 3 is 2.37 bits per heavy atom. The van der Waals surface area contributed by atoms with Gasteiger partial charge in [0.25, 0.3) is 0 Å². The summed E-state index contributed by atoms with van der Waals surface area (Å²) in [6, 6.07) is 10.1. The standard InChI is InChI=1S/C25H27F3N8OS/c1-35(2)11-12-36(3)20-14-21(37-4)19(13-17(20)29)32-24-30-10-9-18(31-24)23-34-33-22(38-23)15-5-7-16(8-6-15)25(26,27)28/h5-10,13-14H,11-12,29H2,1-4H3,(H,30,31,32). The number of hydrogen-bond donors (Lipinski definition) is 2. The molecule has 0 amide bonds. The van der Waals surface area contributed by atoms with E-state index in [2.05, 4.69) is 35.3 Å². The number of anilines is 4. The number of ether oxygens (including phenoxy) is 1. The molecule has 200 valence electrons. The van der Waals surface area contributed by atoms with Gasteiger partial charge in [0.05, 0.1) is 29.7 Å². The summed E-state index contributed by atoms with van der Waals surface area (Å²) in [7, 11) is 7.56. The molecule has 0 bridgehead atoms. The Morgan fingerprint density at radius 1 is 1.00 bits per heavy atom. The number of benzene rings is 2. The Bertz CT molecular complexity index is 1390. The molecule has 0 spiro atoms. The van der Waals surface area contributed by atoms with Gasteiger partial charge < -0.3 is 25.6 Å². The number of nitrogens with zero attached hydrogens (tertiary/aromatic N) is 6. The second-order valence-corrected chi connectivity index (χ2v) is 9.69. The normalized spacial score (nSPS) is 11.6. The van der Waals surface area contributed by atoms with Gasteiger partial charge in [0.15, 0.2) is 5.01 Å². The summed E-state index contributed by atoms with van der Waals surface area (Å²) >= 11 is 1.21. The molecule has 0 aliphatic heterocycles. The van der Waals surface area contributed by atoms with E-state index >= 15 is 0 Å². The first-order valence-electron chi connectivity index (χ1n) is 11.5. The highest BCUT2D eigenvalue weighted by Gasteiger charge is 2.30. The lowest BCUT2D eigenvalue weighted by Crippen LogP contribution is -2.29. The summed E-state index contributed by atoms with van der Waals surface area (Å²) in [6.07, 6.45) is -2.83. The van der Waals surface area contributed by atoms with Crippen LogP contribution in [0, 0.1) is 0 Å². The smallest absolute Gasteiger partial charge is 0.416 e. The molecule has 0 atom stereocenters. The van der Waals surface area contributed by atoms with Crippen LogP contribution in [0.2, 0.25) is 0 Å². The molecule has 0 aliphatic carbocycles. The number of alkyl halides is 3. The minimum Gasteiger partial charge on any atom is -0.494 e. The molecule has 4 aromatic rings. The van der Waals surface area contributed by atoms with Gasteiger partial charge in [-0.2, -0.15) is 13.2 Å². The van der Waals surface area contributed by atoms with Crippen molar-refractivity contribution in [2.24, 2.45) is 0 Å². The van der Waals surface area contributed by atoms with Crippen molar-refractivity contribution in [3.63, 3.8) is 0 Å². The van der Waals surface area contributed by atoms with Crippen molar-refractivity contribution in [2.45, 2.75) is 6.18 Å². The molecule has 0 unspecified atom stereocenters. The van der Waals surface area contributed by atoms with Crippen molar-refractivity contribution in [3.8, 4) is 27.0 Å². The van der Waals surface area contributed by atoms with E-state index in [-0.39, 0.29) is 0 Å². The highest BCUT2D eigenvalue weighted by molar-refractivity contribution is 7.17. The fraction of sp³-hybridized carbons (Fsp3) is 0.280. The molecular weight excluding hydrogens is 517 g/mol. The number of rotatable bonds is 9. The van der Waals surface area contributed by atoms with Crippen LogP contribution in [0.1, 0.15) is 5.56 Å². The van der Waals surface area contributed by atoms with Gasteiger partial charge in [0, 0.05) is 38.0 Å². The van der Waals surface area contributed by atoms with Crippen molar-refractivity contribution < 1.29 is 17.9 Å². The van der Waals surface area contributed by atoms with Crippen LogP contribution >= 0.6 is 11.3 Å². The molecular formula is C25H27F3N8OS. The number of nitrogens with two attached hydrogens (primary N) is 1. The van der Waals surface area contributed by atoms with Gasteiger partial charge in [-0.3, -0.25) is 0 Å². The molecule has 2 aromatic heterocycles. The number of halogens is 3. The Balaban J connectivity index is 1.54. The fourth-order valence-corrected chi connectivity index (χ4v) is 4.38. The molecule has 3 N–H and O–H groups in total. The second-order valence-electron chi connectivity index (χ2n) is 8.71. The summed E-state index contributed by atoms with van der Waals surface area (Å²) in [4.78, 5) is 13.0. The largest absolute Gasteiger partial charge is 0.494 e. The predicted octanol–water partition coefficient (Wildman–Crippen LogP) is 5.01. The molecule has 2 aromatic carbocycles. The maximum atomic E-state index is 12.9. The van der Waals surface area contributed by atoms with E-state index in [1.165, 1.54) is 23.5 Å². The molecule has 13 heteroatoms. The van der Waals surface area contributed by atoms with Crippen LogP contribution in [0.25, 0.3) is 21.3 Å². The Kier molecular flexibility index (Phi) is 7.97.